The van der Waals surface area contributed by atoms with Crippen LogP contribution in [0.5, 0.6) is 0 Å². The molecule has 0 radical (unpaired) electrons. The van der Waals surface area contributed by atoms with Gasteiger partial charge in [0.15, 0.2) is 0 Å². The van der Waals surface area contributed by atoms with Gasteiger partial charge in [-0.1, -0.05) is 13.2 Å². The third-order valence-corrected chi connectivity index (χ3v) is 0.902. The van der Waals surface area contributed by atoms with E-state index in [0.717, 1.165) is 6.08 Å². The third kappa shape index (κ3) is 18.9. The number of esters is 2. The van der Waals surface area contributed by atoms with Crippen molar-refractivity contribution in [2.24, 2.45) is 0 Å². The van der Waals surface area contributed by atoms with Crippen molar-refractivity contribution < 1.29 is 19.1 Å². The second kappa shape index (κ2) is 14.7. The van der Waals surface area contributed by atoms with Crippen LogP contribution in [0.2, 0.25) is 0 Å². The first-order valence-electron chi connectivity index (χ1n) is 3.93. The minimum absolute atomic E-state index is 0.347. The predicted molar refractivity (Wildman–Crippen MR) is 60.3 cm³/mol. The third-order valence-electron chi connectivity index (χ3n) is 0.902. The molecule has 0 rings (SSSR count). The van der Waals surface area contributed by atoms with Gasteiger partial charge in [-0.25, -0.2) is 9.59 Å². The van der Waals surface area contributed by atoms with Crippen LogP contribution in [0.3, 0.4) is 0 Å². The zero-order valence-corrected chi connectivity index (χ0v) is 9.54. The standard InChI is InChI=1S/C5H8O2.C4H6O2.C2H4/c1-4(2)5(6)7-3;1-3-4(5)6-2;1-2/h1H2,2-3H3;3H,1H2,2H3;1-2H2. The molecular formula is C11H18O4. The molecule has 4 nitrogen and oxygen atoms in total. The number of methoxy groups -OCH3 is 2. The van der Waals surface area contributed by atoms with Gasteiger partial charge in [0, 0.05) is 11.6 Å². The van der Waals surface area contributed by atoms with Crippen molar-refractivity contribution in [1.82, 2.24) is 0 Å². The molecule has 0 aromatic heterocycles. The van der Waals surface area contributed by atoms with E-state index >= 15 is 0 Å². The second-order valence-corrected chi connectivity index (χ2v) is 2.00. The van der Waals surface area contributed by atoms with Crippen LogP contribution in [0.15, 0.2) is 38.0 Å². The highest BCUT2D eigenvalue weighted by Crippen LogP contribution is 1.87. The van der Waals surface area contributed by atoms with E-state index in [0.29, 0.717) is 5.57 Å². The van der Waals surface area contributed by atoms with Crippen LogP contribution in [0, 0.1) is 0 Å². The van der Waals surface area contributed by atoms with Crippen molar-refractivity contribution in [3.63, 3.8) is 0 Å². The molecule has 86 valence electrons. The second-order valence-electron chi connectivity index (χ2n) is 2.00. The molecule has 0 bridgehead atoms. The van der Waals surface area contributed by atoms with Gasteiger partial charge in [0.2, 0.25) is 0 Å². The molecule has 0 saturated carbocycles. The van der Waals surface area contributed by atoms with E-state index in [4.69, 9.17) is 0 Å². The highest BCUT2D eigenvalue weighted by Gasteiger charge is 1.95. The summed E-state index contributed by atoms with van der Waals surface area (Å²) in [6.07, 6.45) is 1.11. The van der Waals surface area contributed by atoms with Gasteiger partial charge in [-0.05, 0) is 6.92 Å². The Hall–Kier alpha value is -1.84. The number of hydrogen-bond donors (Lipinski definition) is 0. The lowest BCUT2D eigenvalue weighted by Crippen LogP contribution is -1.98. The maximum absolute atomic E-state index is 10.2. The maximum Gasteiger partial charge on any atom is 0.332 e. The fourth-order valence-corrected chi connectivity index (χ4v) is 0.258. The van der Waals surface area contributed by atoms with E-state index in [1.54, 1.807) is 6.92 Å². The number of ether oxygens (including phenoxy) is 2. The van der Waals surface area contributed by atoms with E-state index < -0.39 is 5.97 Å². The Morgan fingerprint density at radius 2 is 1.53 bits per heavy atom. The lowest BCUT2D eigenvalue weighted by molar-refractivity contribution is -0.136. The molecule has 0 aliphatic carbocycles. The Labute approximate surface area is 90.9 Å². The molecule has 0 amide bonds. The van der Waals surface area contributed by atoms with E-state index in [-0.39, 0.29) is 5.97 Å². The van der Waals surface area contributed by atoms with E-state index in [9.17, 15) is 9.59 Å². The Balaban J connectivity index is -0.000000166. The molecule has 0 aromatic carbocycles. The monoisotopic (exact) mass is 214 g/mol. The zero-order valence-electron chi connectivity index (χ0n) is 9.54. The van der Waals surface area contributed by atoms with Crippen LogP contribution in [0.1, 0.15) is 6.92 Å². The summed E-state index contributed by atoms with van der Waals surface area (Å²) in [5.74, 6) is -0.741. The number of carbonyl (C=O) groups excluding carboxylic acids is 2. The van der Waals surface area contributed by atoms with Crippen molar-refractivity contribution in [3.8, 4) is 0 Å². The van der Waals surface area contributed by atoms with E-state index in [1.165, 1.54) is 14.2 Å². The van der Waals surface area contributed by atoms with Crippen LogP contribution in [0.4, 0.5) is 0 Å². The van der Waals surface area contributed by atoms with Gasteiger partial charge < -0.3 is 9.47 Å². The summed E-state index contributed by atoms with van der Waals surface area (Å²) in [5.41, 5.74) is 0.433. The van der Waals surface area contributed by atoms with Crippen molar-refractivity contribution in [2.75, 3.05) is 14.2 Å². The van der Waals surface area contributed by atoms with Crippen molar-refractivity contribution in [3.05, 3.63) is 38.0 Å². The molecule has 0 saturated heterocycles. The van der Waals surface area contributed by atoms with Crippen molar-refractivity contribution in [1.29, 1.82) is 0 Å². The summed E-state index contributed by atoms with van der Waals surface area (Å²) in [6, 6.07) is 0. The lowest BCUT2D eigenvalue weighted by atomic mass is 10.4. The number of hydrogen-bond acceptors (Lipinski definition) is 4. The van der Waals surface area contributed by atoms with Gasteiger partial charge in [0.1, 0.15) is 0 Å². The van der Waals surface area contributed by atoms with Crippen LogP contribution in [-0.4, -0.2) is 26.2 Å². The van der Waals surface area contributed by atoms with E-state index in [1.807, 2.05) is 0 Å². The average molecular weight is 214 g/mol. The van der Waals surface area contributed by atoms with Gasteiger partial charge in [0.05, 0.1) is 14.2 Å². The van der Waals surface area contributed by atoms with Crippen LogP contribution in [-0.2, 0) is 19.1 Å². The number of rotatable bonds is 2. The van der Waals surface area contributed by atoms with Gasteiger partial charge in [-0.15, -0.1) is 13.2 Å². The zero-order chi connectivity index (χ0) is 12.9. The predicted octanol–water partition coefficient (Wildman–Crippen LogP) is 1.88. The minimum atomic E-state index is -0.394. The molecule has 4 heteroatoms. The summed E-state index contributed by atoms with van der Waals surface area (Å²) in [5, 5.41) is 0. The molecule has 0 atom stereocenters. The minimum Gasteiger partial charge on any atom is -0.466 e. The molecular weight excluding hydrogens is 196 g/mol. The van der Waals surface area contributed by atoms with Crippen LogP contribution < -0.4 is 0 Å². The smallest absolute Gasteiger partial charge is 0.332 e. The topological polar surface area (TPSA) is 52.6 Å². The highest BCUT2D eigenvalue weighted by atomic mass is 16.5. The summed E-state index contributed by atoms with van der Waals surface area (Å²) in [6.45, 7) is 14.1. The largest absolute Gasteiger partial charge is 0.466 e. The average Bonchev–Trinajstić information content (AvgIpc) is 2.30. The van der Waals surface area contributed by atoms with Crippen LogP contribution in [0.25, 0.3) is 0 Å². The molecule has 0 fully saturated rings. The normalized spacial score (nSPS) is 6.60. The van der Waals surface area contributed by atoms with Gasteiger partial charge >= 0.3 is 11.9 Å². The van der Waals surface area contributed by atoms with Crippen LogP contribution >= 0.6 is 0 Å². The summed E-state index contributed by atoms with van der Waals surface area (Å²) >= 11 is 0. The Morgan fingerprint density at radius 1 is 1.13 bits per heavy atom. The van der Waals surface area contributed by atoms with Gasteiger partial charge in [0.25, 0.3) is 0 Å². The highest BCUT2D eigenvalue weighted by molar-refractivity contribution is 5.86. The Bertz CT molecular complexity index is 219. The van der Waals surface area contributed by atoms with Gasteiger partial charge in [-0.3, -0.25) is 0 Å². The first-order valence-corrected chi connectivity index (χ1v) is 3.93. The quantitative estimate of drug-likeness (QED) is 0.400. The number of carbonyl (C=O) groups is 2. The molecule has 15 heavy (non-hydrogen) atoms. The summed E-state index contributed by atoms with van der Waals surface area (Å²) in [4.78, 5) is 20.0. The van der Waals surface area contributed by atoms with Crippen molar-refractivity contribution in [2.45, 2.75) is 6.92 Å². The lowest BCUT2D eigenvalue weighted by Gasteiger charge is -1.91. The molecule has 0 aromatic rings. The molecule has 0 aliphatic rings. The summed E-state index contributed by atoms with van der Waals surface area (Å²) in [7, 11) is 2.64. The fraction of sp³-hybridized carbons (Fsp3) is 0.273. The molecule has 0 heterocycles. The Morgan fingerprint density at radius 3 is 1.53 bits per heavy atom. The molecule has 0 unspecified atom stereocenters. The first kappa shape index (κ1) is 18.9. The molecule has 0 N–H and O–H groups in total. The van der Waals surface area contributed by atoms with Crippen molar-refractivity contribution >= 4 is 11.9 Å². The Kier molecular flexibility index (Phi) is 18.4. The fourth-order valence-electron chi connectivity index (χ4n) is 0.258. The SMILES string of the molecule is C=C.C=C(C)C(=O)OC.C=CC(=O)OC. The first-order chi connectivity index (χ1) is 6.99. The summed E-state index contributed by atoms with van der Waals surface area (Å²) < 4.78 is 8.42. The van der Waals surface area contributed by atoms with Gasteiger partial charge in [-0.2, -0.15) is 0 Å². The molecule has 0 spiro atoms. The maximum atomic E-state index is 10.2. The molecule has 0 aliphatic heterocycles. The van der Waals surface area contributed by atoms with E-state index in [2.05, 4.69) is 35.8 Å².